The van der Waals surface area contributed by atoms with Crippen molar-refractivity contribution in [1.82, 2.24) is 20.4 Å². The molecule has 360 valence electrons. The quantitative estimate of drug-likeness (QED) is 0.0454. The number of ether oxygens (including phenoxy) is 3. The standard InChI is InChI=1S/C27H35N3O4.C25H31N3O4.Li.H2O/c1-6-8-9-23(28-22-16-12-20(13-17-22)25(31)32-7-2)18-33-26-30-29-24(34-26)19-10-14-21(15-11-19)27(3,4)5;1-5-6-7-21(26-20-14-10-18(11-15-20)23(29)30)16-31-24-28-27-22(32-24)17-8-12-19(13-9-17)25(2,3)4;;/h10-17,23,28H,6-9,18H2,1-5H3;8-15,21,26H,5-7,16H2,1-4H3,(H,29,30);;1H2/q;;+1;/p-1/t23-;21-;;/m00../s1. The van der Waals surface area contributed by atoms with Crippen molar-refractivity contribution in [2.75, 3.05) is 30.5 Å². The van der Waals surface area contributed by atoms with Gasteiger partial charge in [0.05, 0.1) is 29.8 Å². The minimum Gasteiger partial charge on any atom is -0.870 e. The summed E-state index contributed by atoms with van der Waals surface area (Å²) in [6.07, 6.45) is 6.32. The van der Waals surface area contributed by atoms with Crippen molar-refractivity contribution >= 4 is 23.3 Å². The van der Waals surface area contributed by atoms with E-state index in [1.54, 1.807) is 43.3 Å². The first-order valence-corrected chi connectivity index (χ1v) is 22.8. The number of aromatic carboxylic acids is 1. The molecule has 0 radical (unpaired) electrons. The van der Waals surface area contributed by atoms with Gasteiger partial charge >= 0.3 is 43.0 Å². The zero-order valence-corrected chi connectivity index (χ0v) is 41.3. The Bertz CT molecular complexity index is 2390. The number of esters is 1. The molecule has 68 heavy (non-hydrogen) atoms. The minimum atomic E-state index is -0.942. The van der Waals surface area contributed by atoms with E-state index in [-0.39, 0.29) is 70.9 Å². The topological polar surface area (TPSA) is 214 Å². The summed E-state index contributed by atoms with van der Waals surface area (Å²) in [6.45, 7) is 20.2. The number of carboxylic acid groups (broad SMARTS) is 1. The van der Waals surface area contributed by atoms with Gasteiger partial charge in [-0.3, -0.25) is 0 Å². The number of anilines is 2. The number of aromatic nitrogens is 4. The van der Waals surface area contributed by atoms with Gasteiger partial charge in [-0.1, -0.05) is 116 Å². The van der Waals surface area contributed by atoms with Crippen LogP contribution in [0.3, 0.4) is 0 Å². The predicted molar refractivity (Wildman–Crippen MR) is 259 cm³/mol. The third-order valence-electron chi connectivity index (χ3n) is 10.7. The number of benzene rings is 4. The van der Waals surface area contributed by atoms with Gasteiger partial charge in [-0.2, -0.15) is 0 Å². The molecule has 0 fully saturated rings. The molecule has 2 atom stereocenters. The number of nitrogens with one attached hydrogen (secondary N) is 2. The van der Waals surface area contributed by atoms with Crippen LogP contribution in [0.5, 0.6) is 12.2 Å². The van der Waals surface area contributed by atoms with E-state index < -0.39 is 5.97 Å². The fourth-order valence-corrected chi connectivity index (χ4v) is 6.73. The second-order valence-corrected chi connectivity index (χ2v) is 18.2. The maximum absolute atomic E-state index is 11.9. The maximum Gasteiger partial charge on any atom is 1.00 e. The second-order valence-electron chi connectivity index (χ2n) is 18.2. The Morgan fingerprint density at radius 3 is 1.31 bits per heavy atom. The number of carbonyl (C=O) groups is 2. The van der Waals surface area contributed by atoms with E-state index in [1.165, 1.54) is 11.1 Å². The molecule has 0 bridgehead atoms. The summed E-state index contributed by atoms with van der Waals surface area (Å²) in [5, 5.41) is 32.3. The first kappa shape index (κ1) is 56.2. The Labute approximate surface area is 412 Å². The Morgan fingerprint density at radius 1 is 0.588 bits per heavy atom. The molecule has 0 spiro atoms. The molecule has 15 nitrogen and oxygen atoms in total. The van der Waals surface area contributed by atoms with Gasteiger partial charge in [0, 0.05) is 22.5 Å². The molecule has 6 aromatic rings. The molecule has 4 N–H and O–H groups in total. The average Bonchev–Trinajstić information content (AvgIpc) is 3.99. The first-order valence-electron chi connectivity index (χ1n) is 22.8. The molecule has 0 unspecified atom stereocenters. The van der Waals surface area contributed by atoms with Crippen LogP contribution in [0, 0.1) is 0 Å². The van der Waals surface area contributed by atoms with Gasteiger partial charge in [-0.15, -0.1) is 10.2 Å². The Hall–Kier alpha value is -6.14. The van der Waals surface area contributed by atoms with E-state index >= 15 is 0 Å². The van der Waals surface area contributed by atoms with Crippen molar-refractivity contribution in [1.29, 1.82) is 0 Å². The number of rotatable bonds is 21. The summed E-state index contributed by atoms with van der Waals surface area (Å²) >= 11 is 0. The van der Waals surface area contributed by atoms with Crippen molar-refractivity contribution in [2.24, 2.45) is 0 Å². The molecule has 0 amide bonds. The summed E-state index contributed by atoms with van der Waals surface area (Å²) < 4.78 is 28.1. The zero-order chi connectivity index (χ0) is 47.7. The van der Waals surface area contributed by atoms with Crippen LogP contribution in [0.4, 0.5) is 11.4 Å². The number of carboxylic acids is 1. The van der Waals surface area contributed by atoms with E-state index in [1.807, 2.05) is 36.4 Å². The minimum absolute atomic E-state index is 0. The molecule has 2 heterocycles. The van der Waals surface area contributed by atoms with E-state index in [0.29, 0.717) is 37.2 Å². The van der Waals surface area contributed by atoms with Crippen LogP contribution in [-0.2, 0) is 15.6 Å². The average molecular weight is 927 g/mol. The monoisotopic (exact) mass is 927 g/mol. The Balaban J connectivity index is 0.000000351. The van der Waals surface area contributed by atoms with Gasteiger partial charge in [0.2, 0.25) is 0 Å². The van der Waals surface area contributed by atoms with E-state index in [2.05, 4.69) is 111 Å². The molecule has 16 heteroatoms. The number of nitrogens with zero attached hydrogens (tertiary/aromatic N) is 4. The Kier molecular flexibility index (Phi) is 22.3. The van der Waals surface area contributed by atoms with Gasteiger partial charge in [0.15, 0.2) is 0 Å². The van der Waals surface area contributed by atoms with E-state index in [9.17, 15) is 9.59 Å². The molecule has 0 saturated carbocycles. The molecule has 0 saturated heterocycles. The molecule has 6 rings (SSSR count). The van der Waals surface area contributed by atoms with Crippen LogP contribution in [0.2, 0.25) is 0 Å². The van der Waals surface area contributed by atoms with Crippen LogP contribution in [0.25, 0.3) is 22.9 Å². The van der Waals surface area contributed by atoms with Crippen molar-refractivity contribution in [2.45, 2.75) is 124 Å². The van der Waals surface area contributed by atoms with Crippen LogP contribution < -0.4 is 39.0 Å². The molecule has 0 aliphatic rings. The van der Waals surface area contributed by atoms with Crippen LogP contribution in [0.1, 0.15) is 133 Å². The van der Waals surface area contributed by atoms with E-state index in [0.717, 1.165) is 61.0 Å². The molecule has 0 aliphatic heterocycles. The summed E-state index contributed by atoms with van der Waals surface area (Å²) in [4.78, 5) is 22.9. The van der Waals surface area contributed by atoms with E-state index in [4.69, 9.17) is 28.2 Å². The second kappa shape index (κ2) is 27.0. The Morgan fingerprint density at radius 2 is 0.971 bits per heavy atom. The fraction of sp³-hybridized carbons (Fsp3) is 0.423. The molecule has 4 aromatic carbocycles. The van der Waals surface area contributed by atoms with Crippen LogP contribution in [-0.4, -0.2) is 74.8 Å². The number of hydrogen-bond donors (Lipinski definition) is 3. The number of unbranched alkanes of at least 4 members (excludes halogenated alkanes) is 2. The third-order valence-corrected chi connectivity index (χ3v) is 10.7. The van der Waals surface area contributed by atoms with Crippen molar-refractivity contribution in [3.05, 3.63) is 119 Å². The fourth-order valence-electron chi connectivity index (χ4n) is 6.73. The number of hydrogen-bond acceptors (Lipinski definition) is 14. The molecular weight excluding hydrogens is 860 g/mol. The third kappa shape index (κ3) is 17.5. The molecule has 2 aromatic heterocycles. The maximum atomic E-state index is 11.9. The van der Waals surface area contributed by atoms with Gasteiger partial charge in [0.1, 0.15) is 13.2 Å². The van der Waals surface area contributed by atoms with Crippen molar-refractivity contribution in [3.63, 3.8) is 0 Å². The zero-order valence-electron chi connectivity index (χ0n) is 41.3. The predicted octanol–water partition coefficient (Wildman–Crippen LogP) is 8.87. The molecule has 0 aliphatic carbocycles. The van der Waals surface area contributed by atoms with Gasteiger partial charge in [-0.25, -0.2) is 9.59 Å². The number of carbonyl (C=O) groups excluding carboxylic acids is 1. The van der Waals surface area contributed by atoms with Gasteiger partial charge in [0.25, 0.3) is 11.8 Å². The van der Waals surface area contributed by atoms with Gasteiger partial charge in [-0.05, 0) is 115 Å². The smallest absolute Gasteiger partial charge is 0.870 e. The van der Waals surface area contributed by atoms with Crippen LogP contribution >= 0.6 is 0 Å². The van der Waals surface area contributed by atoms with Crippen LogP contribution in [0.15, 0.2) is 106 Å². The summed E-state index contributed by atoms with van der Waals surface area (Å²) in [5.41, 5.74) is 6.88. The van der Waals surface area contributed by atoms with Crippen molar-refractivity contribution in [3.8, 4) is 35.1 Å². The largest absolute Gasteiger partial charge is 1.00 e. The van der Waals surface area contributed by atoms with Crippen molar-refractivity contribution < 1.29 is 62.1 Å². The summed E-state index contributed by atoms with van der Waals surface area (Å²) in [7, 11) is 0. The molecular formula is C52H67LiN6O9. The SMILES string of the molecule is CCCC[C@@H](COc1nnc(-c2ccc(C(C)(C)C)cc2)o1)Nc1ccc(C(=O)O)cc1.CCCC[C@@H](COc1nnc(-c2ccc(C(C)(C)C)cc2)o1)Nc1ccc(C(=O)OCC)cc1.[Li+].[OH-]. The first-order chi connectivity index (χ1) is 31.6. The summed E-state index contributed by atoms with van der Waals surface area (Å²) in [6, 6.07) is 30.2. The van der Waals surface area contributed by atoms with Gasteiger partial charge < -0.3 is 44.3 Å². The summed E-state index contributed by atoms with van der Waals surface area (Å²) in [5.74, 6) is -0.409. The normalized spacial score (nSPS) is 12.0.